The fourth-order valence-electron chi connectivity index (χ4n) is 2.63. The van der Waals surface area contributed by atoms with Gasteiger partial charge in [0.05, 0.1) is 29.8 Å². The van der Waals surface area contributed by atoms with Crippen molar-refractivity contribution in [1.29, 1.82) is 5.26 Å². The average molecular weight is 324 g/mol. The fraction of sp³-hybridized carbons (Fsp3) is 0.167. The van der Waals surface area contributed by atoms with Gasteiger partial charge in [-0.2, -0.15) is 5.26 Å². The molecule has 2 aromatic carbocycles. The summed E-state index contributed by atoms with van der Waals surface area (Å²) >= 11 is 0. The molecule has 1 aliphatic heterocycles. The van der Waals surface area contributed by atoms with E-state index in [0.717, 1.165) is 11.0 Å². The molecule has 3 rings (SSSR count). The van der Waals surface area contributed by atoms with Crippen LogP contribution < -0.4 is 4.74 Å². The summed E-state index contributed by atoms with van der Waals surface area (Å²) in [4.78, 5) is 25.7. The van der Waals surface area contributed by atoms with Crippen molar-refractivity contribution in [3.05, 3.63) is 64.5 Å². The van der Waals surface area contributed by atoms with Gasteiger partial charge in [-0.05, 0) is 31.2 Å². The van der Waals surface area contributed by atoms with Crippen LogP contribution in [0.25, 0.3) is 0 Å². The molecule has 0 N–H and O–H groups in total. The Labute approximate surface area is 137 Å². The van der Waals surface area contributed by atoms with E-state index < -0.39 is 17.6 Å². The zero-order chi connectivity index (χ0) is 17.3. The maximum atomic E-state index is 14.2. The monoisotopic (exact) mass is 324 g/mol. The molecule has 0 bridgehead atoms. The molecule has 0 aliphatic carbocycles. The van der Waals surface area contributed by atoms with Gasteiger partial charge in [0.15, 0.2) is 0 Å². The number of amides is 2. The van der Waals surface area contributed by atoms with E-state index >= 15 is 0 Å². The summed E-state index contributed by atoms with van der Waals surface area (Å²) in [5.41, 5.74) is 0.801. The van der Waals surface area contributed by atoms with Gasteiger partial charge in [0.2, 0.25) is 0 Å². The molecule has 0 aromatic heterocycles. The molecule has 0 atom stereocenters. The lowest BCUT2D eigenvalue weighted by molar-refractivity contribution is 0.0641. The number of hydrogen-bond donors (Lipinski definition) is 0. The lowest BCUT2D eigenvalue weighted by atomic mass is 10.1. The van der Waals surface area contributed by atoms with Crippen LogP contribution in [0.2, 0.25) is 0 Å². The summed E-state index contributed by atoms with van der Waals surface area (Å²) in [6, 6.07) is 10.7. The Balaban J connectivity index is 1.95. The number of rotatable bonds is 4. The van der Waals surface area contributed by atoms with Gasteiger partial charge in [0.25, 0.3) is 11.8 Å². The predicted molar refractivity (Wildman–Crippen MR) is 82.9 cm³/mol. The van der Waals surface area contributed by atoms with Gasteiger partial charge < -0.3 is 4.74 Å². The highest BCUT2D eigenvalue weighted by Crippen LogP contribution is 2.28. The second-order valence-corrected chi connectivity index (χ2v) is 5.23. The number of hydrogen-bond acceptors (Lipinski definition) is 4. The third kappa shape index (κ3) is 2.50. The van der Waals surface area contributed by atoms with Crippen LogP contribution in [0, 0.1) is 17.1 Å². The molecule has 0 saturated heterocycles. The van der Waals surface area contributed by atoms with Crippen LogP contribution in [-0.4, -0.2) is 23.3 Å². The number of imide groups is 1. The Hall–Kier alpha value is -3.20. The van der Waals surface area contributed by atoms with E-state index in [2.05, 4.69) is 0 Å². The van der Waals surface area contributed by atoms with Crippen LogP contribution in [0.4, 0.5) is 4.39 Å². The summed E-state index contributed by atoms with van der Waals surface area (Å²) in [6.07, 6.45) is 0. The minimum absolute atomic E-state index is 0.0699. The SMILES string of the molecule is CCOc1cc(CN2C(=O)c3ccccc3C2=O)c(F)cc1C#N. The summed E-state index contributed by atoms with van der Waals surface area (Å²) in [5, 5.41) is 9.03. The number of halogens is 1. The Morgan fingerprint density at radius 2 is 1.79 bits per heavy atom. The van der Waals surface area contributed by atoms with Crippen molar-refractivity contribution in [2.75, 3.05) is 6.61 Å². The van der Waals surface area contributed by atoms with Gasteiger partial charge in [-0.3, -0.25) is 14.5 Å². The maximum Gasteiger partial charge on any atom is 0.261 e. The summed E-state index contributed by atoms with van der Waals surface area (Å²) in [7, 11) is 0. The number of carbonyl (C=O) groups excluding carboxylic acids is 2. The molecular weight excluding hydrogens is 311 g/mol. The minimum Gasteiger partial charge on any atom is -0.492 e. The van der Waals surface area contributed by atoms with E-state index in [0.29, 0.717) is 17.7 Å². The van der Waals surface area contributed by atoms with Crippen molar-refractivity contribution >= 4 is 11.8 Å². The summed E-state index contributed by atoms with van der Waals surface area (Å²) in [5.74, 6) is -1.35. The molecule has 0 unspecified atom stereocenters. The topological polar surface area (TPSA) is 70.4 Å². The van der Waals surface area contributed by atoms with Crippen LogP contribution in [0.3, 0.4) is 0 Å². The van der Waals surface area contributed by atoms with Crippen LogP contribution in [-0.2, 0) is 6.54 Å². The Morgan fingerprint density at radius 3 is 2.33 bits per heavy atom. The zero-order valence-corrected chi connectivity index (χ0v) is 12.9. The Bertz CT molecular complexity index is 851. The van der Waals surface area contributed by atoms with Crippen molar-refractivity contribution in [2.24, 2.45) is 0 Å². The molecule has 0 spiro atoms. The molecule has 2 amide bonds. The van der Waals surface area contributed by atoms with Crippen molar-refractivity contribution in [1.82, 2.24) is 4.90 Å². The maximum absolute atomic E-state index is 14.2. The number of fused-ring (bicyclic) bond motifs is 1. The first-order valence-corrected chi connectivity index (χ1v) is 7.37. The molecule has 6 heteroatoms. The van der Waals surface area contributed by atoms with E-state index in [-0.39, 0.29) is 23.4 Å². The lowest BCUT2D eigenvalue weighted by Crippen LogP contribution is -2.29. The molecule has 0 saturated carbocycles. The third-order valence-corrected chi connectivity index (χ3v) is 3.78. The van der Waals surface area contributed by atoms with Gasteiger partial charge in [0, 0.05) is 5.56 Å². The molecule has 0 fully saturated rings. The van der Waals surface area contributed by atoms with Crippen molar-refractivity contribution < 1.29 is 18.7 Å². The largest absolute Gasteiger partial charge is 0.492 e. The molecule has 120 valence electrons. The molecular formula is C18H13FN2O3. The van der Waals surface area contributed by atoms with Crippen molar-refractivity contribution in [2.45, 2.75) is 13.5 Å². The highest BCUT2D eigenvalue weighted by Gasteiger charge is 2.35. The van der Waals surface area contributed by atoms with Crippen LogP contribution in [0.5, 0.6) is 5.75 Å². The number of benzene rings is 2. The molecule has 1 aliphatic rings. The van der Waals surface area contributed by atoms with Crippen LogP contribution in [0.1, 0.15) is 38.8 Å². The fourth-order valence-corrected chi connectivity index (χ4v) is 2.63. The number of ether oxygens (including phenoxy) is 1. The van der Waals surface area contributed by atoms with Gasteiger partial charge in [-0.25, -0.2) is 4.39 Å². The molecule has 0 radical (unpaired) electrons. The van der Waals surface area contributed by atoms with E-state index in [1.165, 1.54) is 6.07 Å². The lowest BCUT2D eigenvalue weighted by Gasteiger charge is -2.16. The van der Waals surface area contributed by atoms with Crippen molar-refractivity contribution in [3.63, 3.8) is 0 Å². The molecule has 24 heavy (non-hydrogen) atoms. The van der Waals surface area contributed by atoms with Gasteiger partial charge in [-0.15, -0.1) is 0 Å². The first-order valence-electron chi connectivity index (χ1n) is 7.37. The smallest absolute Gasteiger partial charge is 0.261 e. The van der Waals surface area contributed by atoms with Gasteiger partial charge >= 0.3 is 0 Å². The molecule has 2 aromatic rings. The Morgan fingerprint density at radius 1 is 1.17 bits per heavy atom. The Kier molecular flexibility index (Phi) is 4.00. The first-order chi connectivity index (χ1) is 11.6. The number of nitrogens with zero attached hydrogens (tertiary/aromatic N) is 2. The van der Waals surface area contributed by atoms with Gasteiger partial charge in [-0.1, -0.05) is 12.1 Å². The normalized spacial score (nSPS) is 13.0. The van der Waals surface area contributed by atoms with E-state index in [9.17, 15) is 14.0 Å². The molecule has 1 heterocycles. The predicted octanol–water partition coefficient (Wildman–Crippen LogP) is 2.89. The van der Waals surface area contributed by atoms with Crippen LogP contribution >= 0.6 is 0 Å². The summed E-state index contributed by atoms with van der Waals surface area (Å²) in [6.45, 7) is 1.84. The van der Waals surface area contributed by atoms with Crippen molar-refractivity contribution in [3.8, 4) is 11.8 Å². The number of carbonyl (C=O) groups is 2. The van der Waals surface area contributed by atoms with E-state index in [4.69, 9.17) is 10.00 Å². The second-order valence-electron chi connectivity index (χ2n) is 5.23. The van der Waals surface area contributed by atoms with E-state index in [1.54, 1.807) is 31.2 Å². The first kappa shape index (κ1) is 15.7. The third-order valence-electron chi connectivity index (χ3n) is 3.78. The minimum atomic E-state index is -0.661. The quantitative estimate of drug-likeness (QED) is 0.811. The standard InChI is InChI=1S/C18H13FN2O3/c1-2-24-16-8-12(15(19)7-11(16)9-20)10-21-17(22)13-5-3-4-6-14(13)18(21)23/h3-8H,2,10H2,1H3. The summed E-state index contributed by atoms with van der Waals surface area (Å²) < 4.78 is 19.6. The highest BCUT2D eigenvalue weighted by atomic mass is 19.1. The van der Waals surface area contributed by atoms with Gasteiger partial charge in [0.1, 0.15) is 17.6 Å². The average Bonchev–Trinajstić information content (AvgIpc) is 2.83. The van der Waals surface area contributed by atoms with E-state index in [1.807, 2.05) is 6.07 Å². The molecule has 5 nitrogen and oxygen atoms in total. The number of nitriles is 1. The van der Waals surface area contributed by atoms with Crippen LogP contribution in [0.15, 0.2) is 36.4 Å². The zero-order valence-electron chi connectivity index (χ0n) is 12.9. The highest BCUT2D eigenvalue weighted by molar-refractivity contribution is 6.21. The second kappa shape index (κ2) is 6.13.